The zero-order valence-electron chi connectivity index (χ0n) is 19.3. The number of nitrogens with zero attached hydrogens (tertiary/aromatic N) is 3. The molecule has 2 N–H and O–H groups in total. The number of piperidine rings is 1. The van der Waals surface area contributed by atoms with Crippen molar-refractivity contribution < 1.29 is 19.2 Å². The molecule has 6 rings (SSSR count). The first-order valence-corrected chi connectivity index (χ1v) is 11.9. The van der Waals surface area contributed by atoms with Gasteiger partial charge in [-0.05, 0) is 55.9 Å². The highest BCUT2D eigenvalue weighted by Gasteiger charge is 2.44. The van der Waals surface area contributed by atoms with Gasteiger partial charge >= 0.3 is 0 Å². The van der Waals surface area contributed by atoms with Gasteiger partial charge in [-0.3, -0.25) is 34.1 Å². The average molecular weight is 472 g/mol. The van der Waals surface area contributed by atoms with Gasteiger partial charge in [-0.15, -0.1) is 0 Å². The maximum Gasteiger partial charge on any atom is 0.262 e. The number of carbonyl (C=O) groups excluding carboxylic acids is 4. The van der Waals surface area contributed by atoms with E-state index in [9.17, 15) is 19.2 Å². The molecule has 9 heteroatoms. The minimum absolute atomic E-state index is 0.104. The first-order chi connectivity index (χ1) is 16.9. The number of amides is 4. The SMILES string of the molecule is Cc1cccc2cn(C3CC(CNc4ccc5c(c4)C(=O)N(C4CCC(=O)NC4=O)C5=O)C3)nc12. The second-order valence-electron chi connectivity index (χ2n) is 9.70. The summed E-state index contributed by atoms with van der Waals surface area (Å²) in [6.45, 7) is 2.83. The molecule has 1 unspecified atom stereocenters. The van der Waals surface area contributed by atoms with E-state index in [-0.39, 0.29) is 29.9 Å². The lowest BCUT2D eigenvalue weighted by molar-refractivity contribution is -0.136. The van der Waals surface area contributed by atoms with Crippen molar-refractivity contribution in [1.82, 2.24) is 20.0 Å². The Hall–Kier alpha value is -4.01. The molecule has 1 saturated carbocycles. The molecule has 3 heterocycles. The Kier molecular flexibility index (Phi) is 4.94. The van der Waals surface area contributed by atoms with Crippen LogP contribution in [0.5, 0.6) is 0 Å². The molecular formula is C26H25N5O4. The smallest absolute Gasteiger partial charge is 0.262 e. The third-order valence-corrected chi connectivity index (χ3v) is 7.38. The van der Waals surface area contributed by atoms with Crippen LogP contribution in [-0.2, 0) is 9.59 Å². The molecule has 4 amide bonds. The van der Waals surface area contributed by atoms with Gasteiger partial charge < -0.3 is 5.32 Å². The molecule has 3 aliphatic rings. The highest BCUT2D eigenvalue weighted by molar-refractivity contribution is 6.23. The van der Waals surface area contributed by atoms with Crippen LogP contribution in [0.4, 0.5) is 5.69 Å². The number of carbonyl (C=O) groups is 4. The summed E-state index contributed by atoms with van der Waals surface area (Å²) in [6.07, 6.45) is 4.41. The zero-order valence-corrected chi connectivity index (χ0v) is 19.3. The molecule has 1 aromatic heterocycles. The van der Waals surface area contributed by atoms with Gasteiger partial charge in [0.15, 0.2) is 0 Å². The molecule has 1 saturated heterocycles. The number of fused-ring (bicyclic) bond motifs is 2. The van der Waals surface area contributed by atoms with Crippen molar-refractivity contribution in [3.8, 4) is 0 Å². The van der Waals surface area contributed by atoms with Gasteiger partial charge in [-0.25, -0.2) is 0 Å². The number of nitrogens with one attached hydrogen (secondary N) is 2. The van der Waals surface area contributed by atoms with Crippen molar-refractivity contribution in [2.24, 2.45) is 5.92 Å². The summed E-state index contributed by atoms with van der Waals surface area (Å²) in [4.78, 5) is 50.5. The molecule has 1 aliphatic carbocycles. The molecule has 0 spiro atoms. The zero-order chi connectivity index (χ0) is 24.3. The van der Waals surface area contributed by atoms with Crippen LogP contribution in [0.25, 0.3) is 10.9 Å². The van der Waals surface area contributed by atoms with E-state index < -0.39 is 23.8 Å². The van der Waals surface area contributed by atoms with E-state index in [4.69, 9.17) is 5.10 Å². The van der Waals surface area contributed by atoms with Crippen molar-refractivity contribution in [3.05, 3.63) is 59.3 Å². The van der Waals surface area contributed by atoms with Crippen molar-refractivity contribution in [2.45, 2.75) is 44.7 Å². The van der Waals surface area contributed by atoms with Crippen molar-refractivity contribution in [2.75, 3.05) is 11.9 Å². The number of rotatable bonds is 5. The van der Waals surface area contributed by atoms with Crippen LogP contribution in [0.1, 0.15) is 58.0 Å². The van der Waals surface area contributed by atoms with E-state index in [2.05, 4.69) is 46.6 Å². The van der Waals surface area contributed by atoms with E-state index in [1.54, 1.807) is 18.2 Å². The summed E-state index contributed by atoms with van der Waals surface area (Å²) in [5, 5.41) is 11.5. The maximum absolute atomic E-state index is 13.0. The van der Waals surface area contributed by atoms with Crippen LogP contribution in [0.2, 0.25) is 0 Å². The lowest BCUT2D eigenvalue weighted by atomic mass is 9.80. The van der Waals surface area contributed by atoms with Crippen LogP contribution in [0.3, 0.4) is 0 Å². The molecule has 3 aromatic rings. The first kappa shape index (κ1) is 21.5. The molecular weight excluding hydrogens is 446 g/mol. The molecule has 0 radical (unpaired) electrons. The number of imide groups is 2. The lowest BCUT2D eigenvalue weighted by Crippen LogP contribution is -2.54. The Morgan fingerprint density at radius 3 is 2.63 bits per heavy atom. The summed E-state index contributed by atoms with van der Waals surface area (Å²) in [5.74, 6) is -1.49. The summed E-state index contributed by atoms with van der Waals surface area (Å²) < 4.78 is 2.08. The van der Waals surface area contributed by atoms with Gasteiger partial charge in [0.2, 0.25) is 11.8 Å². The number of benzene rings is 2. The summed E-state index contributed by atoms with van der Waals surface area (Å²) >= 11 is 0. The van der Waals surface area contributed by atoms with Gasteiger partial charge in [0.1, 0.15) is 6.04 Å². The Balaban J connectivity index is 1.09. The predicted octanol–water partition coefficient (Wildman–Crippen LogP) is 2.81. The van der Waals surface area contributed by atoms with E-state index in [0.29, 0.717) is 12.0 Å². The quantitative estimate of drug-likeness (QED) is 0.554. The minimum Gasteiger partial charge on any atom is -0.385 e. The molecule has 2 aliphatic heterocycles. The second kappa shape index (κ2) is 8.04. The van der Waals surface area contributed by atoms with E-state index in [0.717, 1.165) is 40.9 Å². The monoisotopic (exact) mass is 471 g/mol. The molecule has 9 nitrogen and oxygen atoms in total. The fourth-order valence-electron chi connectivity index (χ4n) is 5.32. The predicted molar refractivity (Wildman–Crippen MR) is 128 cm³/mol. The molecule has 1 atom stereocenters. The Morgan fingerprint density at radius 2 is 1.86 bits per heavy atom. The molecule has 0 bridgehead atoms. The Bertz CT molecular complexity index is 1400. The minimum atomic E-state index is -0.953. The first-order valence-electron chi connectivity index (χ1n) is 11.9. The van der Waals surface area contributed by atoms with E-state index in [1.165, 1.54) is 5.56 Å². The number of anilines is 1. The van der Waals surface area contributed by atoms with Gasteiger partial charge in [0.05, 0.1) is 22.7 Å². The van der Waals surface area contributed by atoms with Crippen LogP contribution in [0, 0.1) is 12.8 Å². The molecule has 2 aromatic carbocycles. The van der Waals surface area contributed by atoms with E-state index in [1.807, 2.05) is 0 Å². The summed E-state index contributed by atoms with van der Waals surface area (Å²) in [6, 6.07) is 10.7. The van der Waals surface area contributed by atoms with E-state index >= 15 is 0 Å². The summed E-state index contributed by atoms with van der Waals surface area (Å²) in [7, 11) is 0. The van der Waals surface area contributed by atoms with Crippen molar-refractivity contribution in [1.29, 1.82) is 0 Å². The fourth-order valence-corrected chi connectivity index (χ4v) is 5.32. The van der Waals surface area contributed by atoms with Crippen LogP contribution in [0.15, 0.2) is 42.6 Å². The van der Waals surface area contributed by atoms with Crippen molar-refractivity contribution >= 4 is 40.2 Å². The second-order valence-corrected chi connectivity index (χ2v) is 9.70. The lowest BCUT2D eigenvalue weighted by Gasteiger charge is -2.35. The highest BCUT2D eigenvalue weighted by atomic mass is 16.2. The van der Waals surface area contributed by atoms with Crippen LogP contribution >= 0.6 is 0 Å². The van der Waals surface area contributed by atoms with Gasteiger partial charge in [0.25, 0.3) is 11.8 Å². The standard InChI is InChI=1S/C26H25N5O4/c1-14-3-2-4-16-13-30(29-23(14)16)18-9-15(10-18)12-27-17-5-6-19-20(11-17)26(35)31(25(19)34)21-7-8-22(32)28-24(21)33/h2-6,11,13,15,18,21,27H,7-10,12H2,1H3,(H,28,32,33). The number of hydrogen-bond donors (Lipinski definition) is 2. The third kappa shape index (κ3) is 3.58. The molecule has 178 valence electrons. The topological polar surface area (TPSA) is 113 Å². The van der Waals surface area contributed by atoms with Crippen molar-refractivity contribution in [3.63, 3.8) is 0 Å². The summed E-state index contributed by atoms with van der Waals surface area (Å²) in [5.41, 5.74) is 3.57. The number of aromatic nitrogens is 2. The number of hydrogen-bond acceptors (Lipinski definition) is 6. The molecule has 35 heavy (non-hydrogen) atoms. The van der Waals surface area contributed by atoms with Crippen LogP contribution < -0.4 is 10.6 Å². The molecule has 2 fully saturated rings. The van der Waals surface area contributed by atoms with Gasteiger partial charge in [-0.2, -0.15) is 5.10 Å². The third-order valence-electron chi connectivity index (χ3n) is 7.38. The van der Waals surface area contributed by atoms with Gasteiger partial charge in [-0.1, -0.05) is 18.2 Å². The maximum atomic E-state index is 13.0. The fraction of sp³-hybridized carbons (Fsp3) is 0.346. The van der Waals surface area contributed by atoms with Gasteiger partial charge in [0, 0.05) is 30.2 Å². The number of aryl methyl sites for hydroxylation is 1. The average Bonchev–Trinajstić information content (AvgIpc) is 3.33. The normalized spacial score (nSPS) is 23.9. The Morgan fingerprint density at radius 1 is 1.06 bits per heavy atom. The Labute approximate surface area is 201 Å². The largest absolute Gasteiger partial charge is 0.385 e. The highest BCUT2D eigenvalue weighted by Crippen LogP contribution is 2.38. The van der Waals surface area contributed by atoms with Crippen LogP contribution in [-0.4, -0.2) is 50.9 Å².